The summed E-state index contributed by atoms with van der Waals surface area (Å²) in [4.78, 5) is 25.7. The third-order valence-electron chi connectivity index (χ3n) is 4.70. The van der Waals surface area contributed by atoms with Crippen molar-refractivity contribution in [2.45, 2.75) is 18.0 Å². The fraction of sp³-hybridized carbons (Fsp3) is 0.222. The Morgan fingerprint density at radius 1 is 1.11 bits per heavy atom. The quantitative estimate of drug-likeness (QED) is 0.519. The van der Waals surface area contributed by atoms with Crippen LogP contribution in [-0.4, -0.2) is 61.1 Å². The fourth-order valence-corrected chi connectivity index (χ4v) is 4.07. The van der Waals surface area contributed by atoms with Gasteiger partial charge in [0.05, 0.1) is 4.90 Å². The van der Waals surface area contributed by atoms with Crippen LogP contribution in [0.15, 0.2) is 41.3 Å². The van der Waals surface area contributed by atoms with Gasteiger partial charge in [-0.25, -0.2) is 12.7 Å². The molecule has 146 valence electrons. The predicted octanol–water partition coefficient (Wildman–Crippen LogP) is -0.415. The smallest absolute Gasteiger partial charge is 0.423 e. The molecule has 1 aliphatic heterocycles. The molecule has 0 radical (unpaired) electrons. The fourth-order valence-electron chi connectivity index (χ4n) is 3.11. The van der Waals surface area contributed by atoms with Gasteiger partial charge in [0.15, 0.2) is 0 Å². The van der Waals surface area contributed by atoms with E-state index < -0.39 is 17.1 Å². The lowest BCUT2D eigenvalue weighted by Crippen LogP contribution is -2.34. The Labute approximate surface area is 163 Å². The van der Waals surface area contributed by atoms with E-state index in [1.165, 1.54) is 43.3 Å². The highest BCUT2D eigenvalue weighted by Crippen LogP contribution is 2.27. The molecular weight excluding hydrogens is 383 g/mol. The lowest BCUT2D eigenvalue weighted by atomic mass is 9.77. The van der Waals surface area contributed by atoms with Crippen LogP contribution in [0.4, 0.5) is 0 Å². The van der Waals surface area contributed by atoms with Crippen LogP contribution in [0.2, 0.25) is 0 Å². The topological polar surface area (TPSA) is 115 Å². The second-order valence-electron chi connectivity index (χ2n) is 6.71. The van der Waals surface area contributed by atoms with Gasteiger partial charge in [-0.2, -0.15) is 0 Å². The molecule has 0 saturated carbocycles. The highest BCUT2D eigenvalue weighted by Gasteiger charge is 2.27. The molecule has 0 atom stereocenters. The maximum atomic E-state index is 12.8. The van der Waals surface area contributed by atoms with E-state index in [1.807, 2.05) is 0 Å². The molecule has 1 amide bonds. The maximum absolute atomic E-state index is 12.8. The molecule has 2 N–H and O–H groups in total. The van der Waals surface area contributed by atoms with Crippen molar-refractivity contribution in [3.8, 4) is 0 Å². The van der Waals surface area contributed by atoms with Crippen molar-refractivity contribution in [2.75, 3.05) is 14.1 Å². The molecule has 10 heteroatoms. The van der Waals surface area contributed by atoms with Crippen molar-refractivity contribution in [3.63, 3.8) is 0 Å². The minimum absolute atomic E-state index is 0.0230. The van der Waals surface area contributed by atoms with Crippen LogP contribution in [0.1, 0.15) is 31.8 Å². The van der Waals surface area contributed by atoms with E-state index >= 15 is 0 Å². The van der Waals surface area contributed by atoms with Gasteiger partial charge in [-0.05, 0) is 40.9 Å². The van der Waals surface area contributed by atoms with Crippen molar-refractivity contribution in [1.82, 2.24) is 9.21 Å². The van der Waals surface area contributed by atoms with E-state index in [2.05, 4.69) is 0 Å². The van der Waals surface area contributed by atoms with Gasteiger partial charge in [0.1, 0.15) is 6.29 Å². The monoisotopic (exact) mass is 402 g/mol. The maximum Gasteiger partial charge on any atom is 0.489 e. The van der Waals surface area contributed by atoms with Crippen molar-refractivity contribution < 1.29 is 28.1 Å². The standard InChI is InChI=1S/C18H19BN2O6S/c1-20(2)28(26,27)16-5-3-13-9-21(10-14(13)8-16)18(23)12-4-6-17(19(24)25)15(7-12)11-22/h3-8,11,24-25H,9-10H2,1-2H3. The number of carbonyl (C=O) groups excluding carboxylic acids is 2. The molecule has 28 heavy (non-hydrogen) atoms. The Hall–Kier alpha value is -2.53. The molecule has 0 aromatic heterocycles. The molecule has 2 aromatic rings. The summed E-state index contributed by atoms with van der Waals surface area (Å²) in [6.07, 6.45) is 0.461. The number of hydrogen-bond acceptors (Lipinski definition) is 6. The van der Waals surface area contributed by atoms with E-state index in [1.54, 1.807) is 12.1 Å². The van der Waals surface area contributed by atoms with Gasteiger partial charge in [0.2, 0.25) is 10.0 Å². The molecule has 0 aliphatic carbocycles. The molecule has 8 nitrogen and oxygen atoms in total. The highest BCUT2D eigenvalue weighted by molar-refractivity contribution is 7.89. The predicted molar refractivity (Wildman–Crippen MR) is 103 cm³/mol. The number of fused-ring (bicyclic) bond motifs is 1. The van der Waals surface area contributed by atoms with Gasteiger partial charge in [0.25, 0.3) is 5.91 Å². The second-order valence-corrected chi connectivity index (χ2v) is 8.87. The average molecular weight is 402 g/mol. The summed E-state index contributed by atoms with van der Waals surface area (Å²) in [5.74, 6) is -0.338. The number of rotatable bonds is 5. The Morgan fingerprint density at radius 2 is 1.79 bits per heavy atom. The summed E-state index contributed by atoms with van der Waals surface area (Å²) in [5, 5.41) is 18.5. The first kappa shape index (κ1) is 20.2. The first-order valence-corrected chi connectivity index (χ1v) is 9.88. The van der Waals surface area contributed by atoms with Crippen LogP contribution in [0.3, 0.4) is 0 Å². The van der Waals surface area contributed by atoms with Crippen molar-refractivity contribution in [1.29, 1.82) is 0 Å². The van der Waals surface area contributed by atoms with E-state index in [0.29, 0.717) is 12.8 Å². The van der Waals surface area contributed by atoms with E-state index in [0.717, 1.165) is 15.4 Å². The Balaban J connectivity index is 1.86. The summed E-state index contributed by atoms with van der Waals surface area (Å²) >= 11 is 0. The summed E-state index contributed by atoms with van der Waals surface area (Å²) < 4.78 is 25.7. The molecule has 2 aromatic carbocycles. The minimum atomic E-state index is -3.57. The molecule has 1 aliphatic rings. The largest absolute Gasteiger partial charge is 0.489 e. The number of nitrogens with zero attached hydrogens (tertiary/aromatic N) is 2. The molecule has 0 fully saturated rings. The van der Waals surface area contributed by atoms with Crippen LogP contribution in [0.25, 0.3) is 0 Å². The Kier molecular flexibility index (Phi) is 5.40. The number of aldehydes is 1. The molecular formula is C18H19BN2O6S. The van der Waals surface area contributed by atoms with Gasteiger partial charge >= 0.3 is 7.12 Å². The van der Waals surface area contributed by atoms with Gasteiger partial charge in [0, 0.05) is 38.3 Å². The number of benzene rings is 2. The summed E-state index contributed by atoms with van der Waals surface area (Å²) in [6, 6.07) is 8.85. The van der Waals surface area contributed by atoms with Crippen LogP contribution in [-0.2, 0) is 23.1 Å². The SMILES string of the molecule is CN(C)S(=O)(=O)c1ccc2c(c1)CN(C(=O)c1ccc(B(O)O)c(C=O)c1)C2. The first-order valence-electron chi connectivity index (χ1n) is 8.44. The molecule has 0 unspecified atom stereocenters. The van der Waals surface area contributed by atoms with Crippen LogP contribution >= 0.6 is 0 Å². The lowest BCUT2D eigenvalue weighted by molar-refractivity contribution is 0.0751. The normalized spacial score (nSPS) is 13.5. The third-order valence-corrected chi connectivity index (χ3v) is 6.52. The molecule has 0 spiro atoms. The first-order chi connectivity index (χ1) is 13.1. The molecule has 1 heterocycles. The van der Waals surface area contributed by atoms with Gasteiger partial charge < -0.3 is 14.9 Å². The van der Waals surface area contributed by atoms with Gasteiger partial charge in [-0.3, -0.25) is 9.59 Å². The van der Waals surface area contributed by atoms with Crippen molar-refractivity contribution in [3.05, 3.63) is 58.7 Å². The van der Waals surface area contributed by atoms with E-state index in [4.69, 9.17) is 0 Å². The Morgan fingerprint density at radius 3 is 2.39 bits per heavy atom. The van der Waals surface area contributed by atoms with E-state index in [-0.39, 0.29) is 33.9 Å². The minimum Gasteiger partial charge on any atom is -0.423 e. The zero-order valence-electron chi connectivity index (χ0n) is 15.4. The van der Waals surface area contributed by atoms with Crippen LogP contribution < -0.4 is 5.46 Å². The zero-order valence-corrected chi connectivity index (χ0v) is 16.2. The number of amides is 1. The average Bonchev–Trinajstić information content (AvgIpc) is 3.09. The van der Waals surface area contributed by atoms with Crippen molar-refractivity contribution >= 4 is 34.8 Å². The number of sulfonamides is 1. The van der Waals surface area contributed by atoms with Gasteiger partial charge in [-0.1, -0.05) is 12.1 Å². The van der Waals surface area contributed by atoms with Gasteiger partial charge in [-0.15, -0.1) is 0 Å². The molecule has 0 saturated heterocycles. The van der Waals surface area contributed by atoms with E-state index in [9.17, 15) is 28.1 Å². The zero-order chi connectivity index (χ0) is 20.6. The molecule has 0 bridgehead atoms. The lowest BCUT2D eigenvalue weighted by Gasteiger charge is -2.16. The molecule has 3 rings (SSSR count). The summed E-state index contributed by atoms with van der Waals surface area (Å²) in [6.45, 7) is 0.559. The number of carbonyl (C=O) groups is 2. The highest BCUT2D eigenvalue weighted by atomic mass is 32.2. The third kappa shape index (κ3) is 3.59. The number of hydrogen-bond donors (Lipinski definition) is 2. The van der Waals surface area contributed by atoms with Crippen LogP contribution in [0.5, 0.6) is 0 Å². The second kappa shape index (κ2) is 7.48. The Bertz CT molecular complexity index is 1050. The van der Waals surface area contributed by atoms with Crippen LogP contribution in [0, 0.1) is 0 Å². The van der Waals surface area contributed by atoms with Crippen molar-refractivity contribution in [2.24, 2.45) is 0 Å². The summed E-state index contributed by atoms with van der Waals surface area (Å²) in [5.41, 5.74) is 1.88. The summed E-state index contributed by atoms with van der Waals surface area (Å²) in [7, 11) is -2.47.